The highest BCUT2D eigenvalue weighted by atomic mass is 32.1. The number of ether oxygens (including phenoxy) is 1. The molecule has 1 aromatic heterocycles. The minimum atomic E-state index is -0.192. The second kappa shape index (κ2) is 10.6. The molecule has 0 saturated carbocycles. The molecule has 0 atom stereocenters. The van der Waals surface area contributed by atoms with Crippen molar-refractivity contribution in [3.05, 3.63) is 11.1 Å². The summed E-state index contributed by atoms with van der Waals surface area (Å²) in [6.07, 6.45) is 3.04. The normalized spacial score (nSPS) is 15.2. The van der Waals surface area contributed by atoms with Crippen LogP contribution < -0.4 is 5.32 Å². The number of rotatable bonds is 9. The Morgan fingerprint density at radius 3 is 2.73 bits per heavy atom. The average Bonchev–Trinajstić information content (AvgIpc) is 2.99. The van der Waals surface area contributed by atoms with E-state index >= 15 is 0 Å². The first kappa shape index (κ1) is 20.8. The molecular weight excluding hydrogens is 352 g/mol. The predicted octanol–water partition coefficient (Wildman–Crippen LogP) is 1.99. The highest BCUT2D eigenvalue weighted by Gasteiger charge is 2.19. The summed E-state index contributed by atoms with van der Waals surface area (Å²) in [5, 5.41) is 3.37. The molecule has 1 aliphatic rings. The standard InChI is InChI=1S/C18H30N4O3S/c1-14(2)11-17(24)22(6-4-5-21-7-9-25-10-8-21)13-16(23)20-18-19-12-15(3)26-18/h12,14H,4-11,13H2,1-3H3,(H,19,20,23). The zero-order valence-electron chi connectivity index (χ0n) is 16.0. The summed E-state index contributed by atoms with van der Waals surface area (Å²) >= 11 is 1.43. The van der Waals surface area contributed by atoms with Crippen LogP contribution in [0.4, 0.5) is 5.13 Å². The lowest BCUT2D eigenvalue weighted by atomic mass is 10.1. The molecule has 0 aliphatic carbocycles. The van der Waals surface area contributed by atoms with E-state index in [1.807, 2.05) is 20.8 Å². The van der Waals surface area contributed by atoms with E-state index in [1.165, 1.54) is 11.3 Å². The number of nitrogens with one attached hydrogen (secondary N) is 1. The Kier molecular flexibility index (Phi) is 8.47. The fourth-order valence-corrected chi connectivity index (χ4v) is 3.51. The van der Waals surface area contributed by atoms with Crippen LogP contribution in [0.1, 0.15) is 31.6 Å². The number of morpholine rings is 1. The number of amides is 2. The molecule has 1 N–H and O–H groups in total. The Labute approximate surface area is 159 Å². The van der Waals surface area contributed by atoms with Crippen LogP contribution in [-0.2, 0) is 14.3 Å². The van der Waals surface area contributed by atoms with Gasteiger partial charge in [0, 0.05) is 43.7 Å². The van der Waals surface area contributed by atoms with Gasteiger partial charge in [-0.15, -0.1) is 11.3 Å². The second-order valence-corrected chi connectivity index (χ2v) is 8.28. The van der Waals surface area contributed by atoms with Crippen LogP contribution in [0.5, 0.6) is 0 Å². The topological polar surface area (TPSA) is 74.8 Å². The predicted molar refractivity (Wildman–Crippen MR) is 103 cm³/mol. The van der Waals surface area contributed by atoms with Crippen molar-refractivity contribution in [3.63, 3.8) is 0 Å². The van der Waals surface area contributed by atoms with Gasteiger partial charge in [-0.3, -0.25) is 14.5 Å². The van der Waals surface area contributed by atoms with Gasteiger partial charge < -0.3 is 15.0 Å². The van der Waals surface area contributed by atoms with E-state index in [2.05, 4.69) is 15.2 Å². The van der Waals surface area contributed by atoms with E-state index in [9.17, 15) is 9.59 Å². The van der Waals surface area contributed by atoms with Gasteiger partial charge in [0.1, 0.15) is 0 Å². The number of aromatic nitrogens is 1. The van der Waals surface area contributed by atoms with E-state index in [-0.39, 0.29) is 24.3 Å². The molecule has 2 heterocycles. The van der Waals surface area contributed by atoms with Gasteiger partial charge in [-0.25, -0.2) is 4.98 Å². The SMILES string of the molecule is Cc1cnc(NC(=O)CN(CCCN2CCOCC2)C(=O)CC(C)C)s1. The Morgan fingerprint density at radius 1 is 1.38 bits per heavy atom. The molecule has 146 valence electrons. The maximum atomic E-state index is 12.5. The van der Waals surface area contributed by atoms with Crippen LogP contribution in [-0.4, -0.2) is 72.5 Å². The van der Waals surface area contributed by atoms with Crippen molar-refractivity contribution < 1.29 is 14.3 Å². The maximum absolute atomic E-state index is 12.5. The molecule has 2 amide bonds. The number of aryl methyl sites for hydroxylation is 1. The van der Waals surface area contributed by atoms with Crippen molar-refractivity contribution in [3.8, 4) is 0 Å². The first-order chi connectivity index (χ1) is 12.4. The maximum Gasteiger partial charge on any atom is 0.245 e. The molecular formula is C18H30N4O3S. The third kappa shape index (κ3) is 7.39. The molecule has 0 spiro atoms. The number of nitrogens with zero attached hydrogens (tertiary/aromatic N) is 3. The van der Waals surface area contributed by atoms with Gasteiger partial charge in [0.15, 0.2) is 5.13 Å². The molecule has 26 heavy (non-hydrogen) atoms. The monoisotopic (exact) mass is 382 g/mol. The van der Waals surface area contributed by atoms with Crippen LogP contribution in [0.3, 0.4) is 0 Å². The molecule has 0 bridgehead atoms. The van der Waals surface area contributed by atoms with Crippen LogP contribution in [0, 0.1) is 12.8 Å². The summed E-state index contributed by atoms with van der Waals surface area (Å²) in [6, 6.07) is 0. The van der Waals surface area contributed by atoms with Gasteiger partial charge in [-0.05, 0) is 19.3 Å². The molecule has 7 nitrogen and oxygen atoms in total. The Hall–Kier alpha value is -1.51. The molecule has 8 heteroatoms. The Balaban J connectivity index is 1.85. The molecule has 1 saturated heterocycles. The Morgan fingerprint density at radius 2 is 2.12 bits per heavy atom. The van der Waals surface area contributed by atoms with Gasteiger partial charge in [0.25, 0.3) is 0 Å². The third-order valence-electron chi connectivity index (χ3n) is 4.14. The van der Waals surface area contributed by atoms with Crippen molar-refractivity contribution in [2.75, 3.05) is 51.3 Å². The van der Waals surface area contributed by atoms with E-state index in [1.54, 1.807) is 11.1 Å². The van der Waals surface area contributed by atoms with Crippen molar-refractivity contribution in [1.82, 2.24) is 14.8 Å². The average molecular weight is 383 g/mol. The van der Waals surface area contributed by atoms with Gasteiger partial charge in [-0.1, -0.05) is 13.8 Å². The third-order valence-corrected chi connectivity index (χ3v) is 4.97. The summed E-state index contributed by atoms with van der Waals surface area (Å²) in [7, 11) is 0. The molecule has 1 aromatic rings. The zero-order valence-corrected chi connectivity index (χ0v) is 16.8. The van der Waals surface area contributed by atoms with E-state index in [0.29, 0.717) is 18.1 Å². The molecule has 1 fully saturated rings. The first-order valence-corrected chi connectivity index (χ1v) is 10.1. The number of anilines is 1. The van der Waals surface area contributed by atoms with E-state index in [0.717, 1.165) is 44.1 Å². The summed E-state index contributed by atoms with van der Waals surface area (Å²) in [5.74, 6) is 0.115. The Bertz CT molecular complexity index is 585. The van der Waals surface area contributed by atoms with Crippen LogP contribution in [0.15, 0.2) is 6.20 Å². The number of hydrogen-bond acceptors (Lipinski definition) is 6. The highest BCUT2D eigenvalue weighted by molar-refractivity contribution is 7.15. The van der Waals surface area contributed by atoms with Crippen LogP contribution >= 0.6 is 11.3 Å². The second-order valence-electron chi connectivity index (χ2n) is 7.05. The largest absolute Gasteiger partial charge is 0.379 e. The fraction of sp³-hybridized carbons (Fsp3) is 0.722. The van der Waals surface area contributed by atoms with Crippen LogP contribution in [0.25, 0.3) is 0 Å². The number of thiazole rings is 1. The minimum Gasteiger partial charge on any atom is -0.379 e. The number of hydrogen-bond donors (Lipinski definition) is 1. The van der Waals surface area contributed by atoms with E-state index < -0.39 is 0 Å². The number of carbonyl (C=O) groups is 2. The lowest BCUT2D eigenvalue weighted by Gasteiger charge is -2.28. The molecule has 0 aromatic carbocycles. The van der Waals surface area contributed by atoms with Crippen molar-refractivity contribution in [2.45, 2.75) is 33.6 Å². The lowest BCUT2D eigenvalue weighted by Crippen LogP contribution is -2.41. The molecule has 2 rings (SSSR count). The summed E-state index contributed by atoms with van der Waals surface area (Å²) in [4.78, 5) is 34.1. The van der Waals surface area contributed by atoms with Gasteiger partial charge in [-0.2, -0.15) is 0 Å². The molecule has 0 radical (unpaired) electrons. The fourth-order valence-electron chi connectivity index (χ4n) is 2.82. The summed E-state index contributed by atoms with van der Waals surface area (Å²) < 4.78 is 5.36. The highest BCUT2D eigenvalue weighted by Crippen LogP contribution is 2.16. The zero-order chi connectivity index (χ0) is 18.9. The molecule has 0 unspecified atom stereocenters. The minimum absolute atomic E-state index is 0.0347. The first-order valence-electron chi connectivity index (χ1n) is 9.24. The van der Waals surface area contributed by atoms with Gasteiger partial charge in [0.05, 0.1) is 19.8 Å². The summed E-state index contributed by atoms with van der Waals surface area (Å²) in [5.41, 5.74) is 0. The van der Waals surface area contributed by atoms with Crippen molar-refractivity contribution in [2.24, 2.45) is 5.92 Å². The smallest absolute Gasteiger partial charge is 0.245 e. The molecule has 1 aliphatic heterocycles. The van der Waals surface area contributed by atoms with Crippen molar-refractivity contribution >= 4 is 28.3 Å². The quantitative estimate of drug-likeness (QED) is 0.707. The lowest BCUT2D eigenvalue weighted by molar-refractivity contribution is -0.135. The number of carbonyl (C=O) groups excluding carboxylic acids is 2. The van der Waals surface area contributed by atoms with Gasteiger partial charge in [0.2, 0.25) is 11.8 Å². The summed E-state index contributed by atoms with van der Waals surface area (Å²) in [6.45, 7) is 11.0. The van der Waals surface area contributed by atoms with Crippen molar-refractivity contribution in [1.29, 1.82) is 0 Å². The van der Waals surface area contributed by atoms with Gasteiger partial charge >= 0.3 is 0 Å². The van der Waals surface area contributed by atoms with E-state index in [4.69, 9.17) is 4.74 Å². The van der Waals surface area contributed by atoms with Crippen LogP contribution in [0.2, 0.25) is 0 Å².